The van der Waals surface area contributed by atoms with Crippen LogP contribution in [0.1, 0.15) is 29.4 Å². The van der Waals surface area contributed by atoms with E-state index in [-0.39, 0.29) is 11.4 Å². The second-order valence-electron chi connectivity index (χ2n) is 5.49. The fourth-order valence-corrected chi connectivity index (χ4v) is 3.45. The Kier molecular flexibility index (Phi) is 4.89. The van der Waals surface area contributed by atoms with Gasteiger partial charge in [0, 0.05) is 12.7 Å². The van der Waals surface area contributed by atoms with E-state index in [9.17, 15) is 13.2 Å². The van der Waals surface area contributed by atoms with Crippen LogP contribution in [0.2, 0.25) is 0 Å². The second-order valence-corrected chi connectivity index (χ2v) is 7.12. The third kappa shape index (κ3) is 3.79. The van der Waals surface area contributed by atoms with Gasteiger partial charge in [0.25, 0.3) is 10.0 Å². The van der Waals surface area contributed by atoms with Crippen LogP contribution in [0.25, 0.3) is 0 Å². The molecule has 0 aliphatic heterocycles. The van der Waals surface area contributed by atoms with Gasteiger partial charge < -0.3 is 4.57 Å². The minimum atomic E-state index is -3.95. The molecule has 0 aliphatic carbocycles. The average Bonchev–Trinajstić information content (AvgIpc) is 2.84. The molecule has 0 spiro atoms. The van der Waals surface area contributed by atoms with Gasteiger partial charge in [-0.05, 0) is 44.4 Å². The van der Waals surface area contributed by atoms with Gasteiger partial charge in [0.15, 0.2) is 5.03 Å². The van der Waals surface area contributed by atoms with Crippen molar-refractivity contribution in [3.63, 3.8) is 0 Å². The first-order chi connectivity index (χ1) is 10.7. The Hall–Kier alpha value is -2.15. The van der Waals surface area contributed by atoms with E-state index in [1.165, 1.54) is 6.20 Å². The zero-order valence-corrected chi connectivity index (χ0v) is 14.6. The first-order valence-corrected chi connectivity index (χ1v) is 8.87. The number of nitrogens with one attached hydrogen (secondary N) is 1. The van der Waals surface area contributed by atoms with Crippen LogP contribution in [0.15, 0.2) is 29.4 Å². The summed E-state index contributed by atoms with van der Waals surface area (Å²) in [4.78, 5) is 16.2. The highest BCUT2D eigenvalue weighted by molar-refractivity contribution is 7.90. The maximum atomic E-state index is 12.3. The van der Waals surface area contributed by atoms with Crippen LogP contribution in [0.3, 0.4) is 0 Å². The highest BCUT2D eigenvalue weighted by Gasteiger charge is 2.22. The Morgan fingerprint density at radius 2 is 1.83 bits per heavy atom. The van der Waals surface area contributed by atoms with Crippen LogP contribution in [0.5, 0.6) is 0 Å². The van der Waals surface area contributed by atoms with Crippen molar-refractivity contribution >= 4 is 15.9 Å². The Morgan fingerprint density at radius 1 is 1.22 bits per heavy atom. The van der Waals surface area contributed by atoms with Crippen LogP contribution in [0.4, 0.5) is 0 Å². The molecule has 0 fully saturated rings. The fraction of sp³-hybridized carbons (Fsp3) is 0.375. The molecule has 124 valence electrons. The van der Waals surface area contributed by atoms with Gasteiger partial charge in [-0.2, -0.15) is 8.42 Å². The summed E-state index contributed by atoms with van der Waals surface area (Å²) < 4.78 is 28.4. The molecule has 1 amide bonds. The summed E-state index contributed by atoms with van der Waals surface area (Å²) in [6, 6.07) is 5.70. The first kappa shape index (κ1) is 17.2. The number of aromatic nitrogens is 2. The van der Waals surface area contributed by atoms with E-state index in [1.807, 2.05) is 39.0 Å². The standard InChI is InChI=1S/C16H21N3O3S/c1-5-19-10-16(17-13(19)4)23(21,22)18-15(20)9-14-11(2)7-6-8-12(14)3/h6-8,10H,5,9H2,1-4H3,(H,18,20). The van der Waals surface area contributed by atoms with Crippen molar-refractivity contribution in [1.29, 1.82) is 0 Å². The summed E-state index contributed by atoms with van der Waals surface area (Å²) in [5, 5.41) is -0.133. The summed E-state index contributed by atoms with van der Waals surface area (Å²) in [5.41, 5.74) is 2.77. The van der Waals surface area contributed by atoms with Crippen molar-refractivity contribution in [3.8, 4) is 0 Å². The lowest BCUT2D eigenvalue weighted by molar-refractivity contribution is -0.118. The maximum absolute atomic E-state index is 12.3. The van der Waals surface area contributed by atoms with Crippen molar-refractivity contribution in [2.24, 2.45) is 0 Å². The van der Waals surface area contributed by atoms with E-state index >= 15 is 0 Å². The summed E-state index contributed by atoms with van der Waals surface area (Å²) in [7, 11) is -3.95. The topological polar surface area (TPSA) is 81.1 Å². The van der Waals surface area contributed by atoms with Crippen molar-refractivity contribution in [1.82, 2.24) is 14.3 Å². The Balaban J connectivity index is 2.18. The molecular formula is C16H21N3O3S. The third-order valence-electron chi connectivity index (χ3n) is 3.80. The molecule has 0 atom stereocenters. The molecule has 2 rings (SSSR count). The highest BCUT2D eigenvalue weighted by Crippen LogP contribution is 2.15. The van der Waals surface area contributed by atoms with Crippen molar-refractivity contribution in [2.75, 3.05) is 0 Å². The van der Waals surface area contributed by atoms with Crippen LogP contribution < -0.4 is 4.72 Å². The van der Waals surface area contributed by atoms with Gasteiger partial charge in [0.1, 0.15) is 5.82 Å². The number of carbonyl (C=O) groups is 1. The van der Waals surface area contributed by atoms with Gasteiger partial charge in [-0.1, -0.05) is 18.2 Å². The van der Waals surface area contributed by atoms with Gasteiger partial charge in [-0.3, -0.25) is 4.79 Å². The zero-order valence-electron chi connectivity index (χ0n) is 13.8. The molecule has 6 nitrogen and oxygen atoms in total. The third-order valence-corrected chi connectivity index (χ3v) is 5.04. The molecule has 0 saturated carbocycles. The van der Waals surface area contributed by atoms with E-state index in [2.05, 4.69) is 9.71 Å². The van der Waals surface area contributed by atoms with Crippen LogP contribution in [-0.4, -0.2) is 23.9 Å². The first-order valence-electron chi connectivity index (χ1n) is 7.39. The quantitative estimate of drug-likeness (QED) is 0.904. The molecule has 0 radical (unpaired) electrons. The lowest BCUT2D eigenvalue weighted by atomic mass is 10.0. The second kappa shape index (κ2) is 6.54. The number of nitrogens with zero attached hydrogens (tertiary/aromatic N) is 2. The molecule has 1 aromatic carbocycles. The minimum Gasteiger partial charge on any atom is -0.334 e. The number of aryl methyl sites for hydroxylation is 4. The molecule has 0 saturated heterocycles. The molecule has 23 heavy (non-hydrogen) atoms. The van der Waals surface area contributed by atoms with Crippen molar-refractivity contribution < 1.29 is 13.2 Å². The Bertz CT molecular complexity index is 818. The van der Waals surface area contributed by atoms with Crippen LogP contribution >= 0.6 is 0 Å². The zero-order chi connectivity index (χ0) is 17.2. The lowest BCUT2D eigenvalue weighted by Gasteiger charge is -2.09. The molecule has 0 aliphatic rings. The molecule has 1 heterocycles. The van der Waals surface area contributed by atoms with Crippen LogP contribution in [0, 0.1) is 20.8 Å². The van der Waals surface area contributed by atoms with E-state index in [0.717, 1.165) is 16.7 Å². The minimum absolute atomic E-state index is 0.0191. The van der Waals surface area contributed by atoms with Crippen molar-refractivity contribution in [3.05, 3.63) is 46.9 Å². The highest BCUT2D eigenvalue weighted by atomic mass is 32.2. The number of rotatable bonds is 5. The predicted molar refractivity (Wildman–Crippen MR) is 87.6 cm³/mol. The average molecular weight is 335 g/mol. The fourth-order valence-electron chi connectivity index (χ4n) is 2.46. The molecule has 0 unspecified atom stereocenters. The smallest absolute Gasteiger partial charge is 0.283 e. The van der Waals surface area contributed by atoms with Gasteiger partial charge in [-0.25, -0.2) is 9.71 Å². The number of benzene rings is 1. The molecule has 0 bridgehead atoms. The lowest BCUT2D eigenvalue weighted by Crippen LogP contribution is -2.32. The number of imidazole rings is 1. The maximum Gasteiger partial charge on any atom is 0.283 e. The van der Waals surface area contributed by atoms with Crippen LogP contribution in [-0.2, 0) is 27.8 Å². The number of hydrogen-bond acceptors (Lipinski definition) is 4. The summed E-state index contributed by atoms with van der Waals surface area (Å²) >= 11 is 0. The molecular weight excluding hydrogens is 314 g/mol. The van der Waals surface area contributed by atoms with Crippen molar-refractivity contribution in [2.45, 2.75) is 45.7 Å². The normalized spacial score (nSPS) is 11.5. The number of sulfonamides is 1. The number of amides is 1. The van der Waals surface area contributed by atoms with E-state index in [0.29, 0.717) is 12.4 Å². The number of hydrogen-bond donors (Lipinski definition) is 1. The predicted octanol–water partition coefficient (Wildman–Crippen LogP) is 1.88. The molecule has 1 N–H and O–H groups in total. The van der Waals surface area contributed by atoms with E-state index < -0.39 is 15.9 Å². The van der Waals surface area contributed by atoms with E-state index in [4.69, 9.17) is 0 Å². The largest absolute Gasteiger partial charge is 0.334 e. The van der Waals surface area contributed by atoms with Gasteiger partial charge >= 0.3 is 0 Å². The summed E-state index contributed by atoms with van der Waals surface area (Å²) in [6.07, 6.45) is 1.45. The summed E-state index contributed by atoms with van der Waals surface area (Å²) in [6.45, 7) is 8.03. The Morgan fingerprint density at radius 3 is 2.35 bits per heavy atom. The Labute approximate surface area is 136 Å². The van der Waals surface area contributed by atoms with Gasteiger partial charge in [-0.15, -0.1) is 0 Å². The number of carbonyl (C=O) groups excluding carboxylic acids is 1. The van der Waals surface area contributed by atoms with Gasteiger partial charge in [0.2, 0.25) is 5.91 Å². The van der Waals surface area contributed by atoms with Gasteiger partial charge in [0.05, 0.1) is 6.42 Å². The van der Waals surface area contributed by atoms with E-state index in [1.54, 1.807) is 11.5 Å². The molecule has 7 heteroatoms. The SMILES string of the molecule is CCn1cc(S(=O)(=O)NC(=O)Cc2c(C)cccc2C)nc1C. The molecule has 2 aromatic rings. The monoisotopic (exact) mass is 335 g/mol. The summed E-state index contributed by atoms with van der Waals surface area (Å²) in [5.74, 6) is 0.0289. The molecule has 1 aromatic heterocycles.